The van der Waals surface area contributed by atoms with Crippen LogP contribution in [0, 0.1) is 10.1 Å². The van der Waals surface area contributed by atoms with Gasteiger partial charge in [0.25, 0.3) is 5.69 Å². The number of nitro benzene ring substituents is 1. The highest BCUT2D eigenvalue weighted by molar-refractivity contribution is 5.89. The fraction of sp³-hybridized carbons (Fsp3) is 0.316. The SMILES string of the molecule is CCOc1ccc(CCNC(=O)Nc2ccc([N+](=O)[O-])cc2)cc1OCC. The van der Waals surface area contributed by atoms with Crippen molar-refractivity contribution < 1.29 is 19.2 Å². The number of hydrogen-bond donors (Lipinski definition) is 2. The molecule has 0 saturated carbocycles. The molecule has 0 atom stereocenters. The largest absolute Gasteiger partial charge is 0.490 e. The van der Waals surface area contributed by atoms with Crippen molar-refractivity contribution in [1.29, 1.82) is 0 Å². The fourth-order valence-electron chi connectivity index (χ4n) is 2.41. The highest BCUT2D eigenvalue weighted by Gasteiger charge is 2.08. The molecule has 2 aromatic rings. The third kappa shape index (κ3) is 6.18. The molecule has 0 unspecified atom stereocenters. The summed E-state index contributed by atoms with van der Waals surface area (Å²) in [5, 5.41) is 16.0. The summed E-state index contributed by atoms with van der Waals surface area (Å²) in [4.78, 5) is 22.1. The van der Waals surface area contributed by atoms with E-state index in [-0.39, 0.29) is 11.7 Å². The van der Waals surface area contributed by atoms with Crippen molar-refractivity contribution in [3.05, 3.63) is 58.1 Å². The molecule has 2 N–H and O–H groups in total. The first kappa shape index (κ1) is 20.0. The second-order valence-corrected chi connectivity index (χ2v) is 5.58. The predicted octanol–water partition coefficient (Wildman–Crippen LogP) is 3.76. The van der Waals surface area contributed by atoms with Crippen LogP contribution in [0.1, 0.15) is 19.4 Å². The molecule has 8 heteroatoms. The van der Waals surface area contributed by atoms with Crippen LogP contribution in [0.3, 0.4) is 0 Å². The molecule has 0 aliphatic carbocycles. The van der Waals surface area contributed by atoms with Crippen molar-refractivity contribution in [1.82, 2.24) is 5.32 Å². The Balaban J connectivity index is 1.85. The van der Waals surface area contributed by atoms with Gasteiger partial charge in [-0.15, -0.1) is 0 Å². The minimum atomic E-state index is -0.489. The lowest BCUT2D eigenvalue weighted by atomic mass is 10.1. The summed E-state index contributed by atoms with van der Waals surface area (Å²) in [7, 11) is 0. The molecule has 2 amide bonds. The maximum absolute atomic E-state index is 11.9. The molecule has 0 aromatic heterocycles. The van der Waals surface area contributed by atoms with Gasteiger partial charge >= 0.3 is 6.03 Å². The van der Waals surface area contributed by atoms with Crippen LogP contribution in [-0.2, 0) is 6.42 Å². The van der Waals surface area contributed by atoms with Gasteiger partial charge in [0.05, 0.1) is 18.1 Å². The van der Waals surface area contributed by atoms with Gasteiger partial charge in [0, 0.05) is 24.4 Å². The first-order chi connectivity index (χ1) is 13.0. The molecule has 0 fully saturated rings. The van der Waals surface area contributed by atoms with Gasteiger partial charge in [-0.2, -0.15) is 0 Å². The summed E-state index contributed by atoms with van der Waals surface area (Å²) in [5.74, 6) is 1.39. The van der Waals surface area contributed by atoms with Gasteiger partial charge in [-0.05, 0) is 50.1 Å². The predicted molar refractivity (Wildman–Crippen MR) is 103 cm³/mol. The zero-order valence-electron chi connectivity index (χ0n) is 15.4. The Morgan fingerprint density at radius 3 is 2.33 bits per heavy atom. The summed E-state index contributed by atoms with van der Waals surface area (Å²) in [6.45, 7) is 5.35. The van der Waals surface area contributed by atoms with Crippen LogP contribution >= 0.6 is 0 Å². The fourth-order valence-corrected chi connectivity index (χ4v) is 2.41. The van der Waals surface area contributed by atoms with E-state index in [1.807, 2.05) is 32.0 Å². The average Bonchev–Trinajstić information content (AvgIpc) is 2.64. The highest BCUT2D eigenvalue weighted by atomic mass is 16.6. The Kier molecular flexibility index (Phi) is 7.42. The first-order valence-electron chi connectivity index (χ1n) is 8.71. The van der Waals surface area contributed by atoms with Crippen LogP contribution in [-0.4, -0.2) is 30.7 Å². The Labute approximate surface area is 157 Å². The van der Waals surface area contributed by atoms with Crippen LogP contribution in [0.2, 0.25) is 0 Å². The number of nitrogens with zero attached hydrogens (tertiary/aromatic N) is 1. The smallest absolute Gasteiger partial charge is 0.319 e. The summed E-state index contributed by atoms with van der Waals surface area (Å²) >= 11 is 0. The van der Waals surface area contributed by atoms with Crippen LogP contribution in [0.4, 0.5) is 16.2 Å². The van der Waals surface area contributed by atoms with Crippen LogP contribution in [0.25, 0.3) is 0 Å². The van der Waals surface area contributed by atoms with Gasteiger partial charge < -0.3 is 20.1 Å². The van der Waals surface area contributed by atoms with E-state index in [1.165, 1.54) is 24.3 Å². The molecule has 0 heterocycles. The molecule has 144 valence electrons. The number of non-ortho nitro benzene ring substituents is 1. The molecule has 0 aliphatic heterocycles. The Morgan fingerprint density at radius 1 is 1.04 bits per heavy atom. The van der Waals surface area contributed by atoms with Crippen molar-refractivity contribution in [3.8, 4) is 11.5 Å². The van der Waals surface area contributed by atoms with Crippen molar-refractivity contribution in [2.24, 2.45) is 0 Å². The van der Waals surface area contributed by atoms with Crippen LogP contribution < -0.4 is 20.1 Å². The lowest BCUT2D eigenvalue weighted by molar-refractivity contribution is -0.384. The molecule has 8 nitrogen and oxygen atoms in total. The van der Waals surface area contributed by atoms with E-state index in [9.17, 15) is 14.9 Å². The number of rotatable bonds is 9. The van der Waals surface area contributed by atoms with E-state index < -0.39 is 4.92 Å². The molecular formula is C19H23N3O5. The van der Waals surface area contributed by atoms with E-state index >= 15 is 0 Å². The van der Waals surface area contributed by atoms with Crippen molar-refractivity contribution in [2.75, 3.05) is 25.1 Å². The second-order valence-electron chi connectivity index (χ2n) is 5.58. The Hall–Kier alpha value is -3.29. The number of ether oxygens (including phenoxy) is 2. The zero-order chi connectivity index (χ0) is 19.6. The topological polar surface area (TPSA) is 103 Å². The normalized spacial score (nSPS) is 10.1. The number of amides is 2. The molecule has 0 bridgehead atoms. The monoisotopic (exact) mass is 373 g/mol. The summed E-state index contributed by atoms with van der Waals surface area (Å²) in [6.07, 6.45) is 0.625. The molecule has 0 aliphatic rings. The third-order valence-electron chi connectivity index (χ3n) is 3.64. The summed E-state index contributed by atoms with van der Waals surface area (Å²) < 4.78 is 11.1. The van der Waals surface area contributed by atoms with Gasteiger partial charge in [-0.25, -0.2) is 4.79 Å². The van der Waals surface area contributed by atoms with Crippen LogP contribution in [0.15, 0.2) is 42.5 Å². The number of carbonyl (C=O) groups excluding carboxylic acids is 1. The van der Waals surface area contributed by atoms with Crippen LogP contribution in [0.5, 0.6) is 11.5 Å². The lowest BCUT2D eigenvalue weighted by Gasteiger charge is -2.13. The quantitative estimate of drug-likeness (QED) is 0.515. The lowest BCUT2D eigenvalue weighted by Crippen LogP contribution is -2.30. The molecule has 27 heavy (non-hydrogen) atoms. The number of hydrogen-bond acceptors (Lipinski definition) is 5. The average molecular weight is 373 g/mol. The third-order valence-corrected chi connectivity index (χ3v) is 3.64. The van der Waals surface area contributed by atoms with Gasteiger partial charge in [0.1, 0.15) is 0 Å². The van der Waals surface area contributed by atoms with E-state index in [0.29, 0.717) is 43.4 Å². The number of benzene rings is 2. The number of nitrogens with one attached hydrogen (secondary N) is 2. The molecule has 0 saturated heterocycles. The highest BCUT2D eigenvalue weighted by Crippen LogP contribution is 2.28. The minimum absolute atomic E-state index is 0.0263. The van der Waals surface area contributed by atoms with Gasteiger partial charge in [0.2, 0.25) is 0 Å². The second kappa shape index (κ2) is 10.0. The number of urea groups is 1. The van der Waals surface area contributed by atoms with Crippen molar-refractivity contribution in [3.63, 3.8) is 0 Å². The van der Waals surface area contributed by atoms with Crippen molar-refractivity contribution in [2.45, 2.75) is 20.3 Å². The molecule has 2 aromatic carbocycles. The Bertz CT molecular complexity index is 777. The number of nitro groups is 1. The summed E-state index contributed by atoms with van der Waals surface area (Å²) in [6, 6.07) is 11.0. The van der Waals surface area contributed by atoms with Gasteiger partial charge in [-0.1, -0.05) is 6.07 Å². The minimum Gasteiger partial charge on any atom is -0.490 e. The molecule has 0 radical (unpaired) electrons. The van der Waals surface area contributed by atoms with E-state index in [0.717, 1.165) is 5.56 Å². The molecule has 2 rings (SSSR count). The first-order valence-corrected chi connectivity index (χ1v) is 8.71. The van der Waals surface area contributed by atoms with E-state index in [1.54, 1.807) is 0 Å². The molecular weight excluding hydrogens is 350 g/mol. The maximum atomic E-state index is 11.9. The summed E-state index contributed by atoms with van der Waals surface area (Å²) in [5.41, 5.74) is 1.47. The maximum Gasteiger partial charge on any atom is 0.319 e. The van der Waals surface area contributed by atoms with Crippen molar-refractivity contribution >= 4 is 17.4 Å². The van der Waals surface area contributed by atoms with E-state index in [2.05, 4.69) is 10.6 Å². The molecule has 0 spiro atoms. The van der Waals surface area contributed by atoms with E-state index in [4.69, 9.17) is 9.47 Å². The standard InChI is InChI=1S/C19H23N3O5/c1-3-26-17-10-5-14(13-18(17)27-4-2)11-12-20-19(23)21-15-6-8-16(9-7-15)22(24)25/h5-10,13H,3-4,11-12H2,1-2H3,(H2,20,21,23). The Morgan fingerprint density at radius 2 is 1.70 bits per heavy atom. The number of carbonyl (C=O) groups is 1. The number of anilines is 1. The van der Waals surface area contributed by atoms with Gasteiger partial charge in [-0.3, -0.25) is 10.1 Å². The zero-order valence-corrected chi connectivity index (χ0v) is 15.4. The van der Waals surface area contributed by atoms with Gasteiger partial charge in [0.15, 0.2) is 11.5 Å².